The van der Waals surface area contributed by atoms with Crippen LogP contribution in [-0.4, -0.2) is 28.9 Å². The zero-order valence-corrected chi connectivity index (χ0v) is 14.8. The van der Waals surface area contributed by atoms with E-state index in [2.05, 4.69) is 11.9 Å². The van der Waals surface area contributed by atoms with Crippen molar-refractivity contribution in [1.29, 1.82) is 5.26 Å². The molecule has 26 heavy (non-hydrogen) atoms. The van der Waals surface area contributed by atoms with Gasteiger partial charge in [0.1, 0.15) is 5.01 Å². The topological polar surface area (TPSA) is 57.0 Å². The number of piperidine rings is 1. The zero-order valence-electron chi connectivity index (χ0n) is 14.0. The number of carbonyl (C=O) groups excluding carboxylic acids is 1. The molecule has 4 nitrogen and oxygen atoms in total. The van der Waals surface area contributed by atoms with Gasteiger partial charge in [-0.15, -0.1) is 11.3 Å². The van der Waals surface area contributed by atoms with Crippen molar-refractivity contribution >= 4 is 17.2 Å². The first-order chi connectivity index (χ1) is 12.3. The van der Waals surface area contributed by atoms with Crippen LogP contribution in [0.2, 0.25) is 0 Å². The lowest BCUT2D eigenvalue weighted by Crippen LogP contribution is -2.38. The average Bonchev–Trinajstić information content (AvgIpc) is 3.11. The Hall–Kier alpha value is -2.40. The van der Waals surface area contributed by atoms with Crippen LogP contribution in [0.3, 0.4) is 0 Å². The fourth-order valence-electron chi connectivity index (χ4n) is 2.89. The Morgan fingerprint density at radius 2 is 2.04 bits per heavy atom. The van der Waals surface area contributed by atoms with Crippen LogP contribution in [0.1, 0.15) is 41.4 Å². The van der Waals surface area contributed by atoms with Crippen LogP contribution in [0.15, 0.2) is 23.6 Å². The van der Waals surface area contributed by atoms with Gasteiger partial charge < -0.3 is 4.90 Å². The number of amides is 1. The molecule has 0 saturated carbocycles. The fraction of sp³-hybridized carbons (Fsp3) is 0.389. The number of hydrogen-bond acceptors (Lipinski definition) is 4. The summed E-state index contributed by atoms with van der Waals surface area (Å²) in [4.78, 5) is 18.3. The average molecular weight is 379 g/mol. The molecule has 8 heteroatoms. The molecule has 136 valence electrons. The van der Waals surface area contributed by atoms with Crippen molar-refractivity contribution in [2.75, 3.05) is 13.1 Å². The van der Waals surface area contributed by atoms with Crippen molar-refractivity contribution in [1.82, 2.24) is 9.88 Å². The third-order valence-corrected chi connectivity index (χ3v) is 5.35. The number of nitrogens with zero attached hydrogens (tertiary/aromatic N) is 3. The van der Waals surface area contributed by atoms with Crippen molar-refractivity contribution in [3.63, 3.8) is 0 Å². The first-order valence-corrected chi connectivity index (χ1v) is 9.04. The number of aromatic nitrogens is 1. The zero-order chi connectivity index (χ0) is 18.9. The van der Waals surface area contributed by atoms with Crippen LogP contribution in [0.5, 0.6) is 0 Å². The van der Waals surface area contributed by atoms with Gasteiger partial charge in [-0.25, -0.2) is 4.98 Å². The molecule has 2 heterocycles. The molecule has 0 spiro atoms. The van der Waals surface area contributed by atoms with E-state index in [1.165, 1.54) is 18.2 Å². The summed E-state index contributed by atoms with van der Waals surface area (Å²) < 4.78 is 38.6. The maximum atomic E-state index is 12.9. The fourth-order valence-corrected chi connectivity index (χ4v) is 3.74. The number of carbonyl (C=O) groups is 1. The SMILES string of the molecule is CC1CCN(C(=O)c2ccc(C#N)cc2-c2nc(C(F)(F)F)cs2)CC1. The Morgan fingerprint density at radius 1 is 1.35 bits per heavy atom. The van der Waals surface area contributed by atoms with E-state index in [0.29, 0.717) is 19.0 Å². The normalized spacial score (nSPS) is 15.7. The number of halogens is 3. The lowest BCUT2D eigenvalue weighted by molar-refractivity contribution is -0.140. The third kappa shape index (κ3) is 3.73. The number of alkyl halides is 3. The molecule has 2 aromatic rings. The van der Waals surface area contributed by atoms with Gasteiger partial charge in [0, 0.05) is 29.6 Å². The van der Waals surface area contributed by atoms with Gasteiger partial charge in [-0.1, -0.05) is 6.92 Å². The highest BCUT2D eigenvalue weighted by Crippen LogP contribution is 2.35. The molecule has 3 rings (SSSR count). The number of thiazole rings is 1. The van der Waals surface area contributed by atoms with E-state index in [4.69, 9.17) is 5.26 Å². The molecule has 0 aliphatic carbocycles. The summed E-state index contributed by atoms with van der Waals surface area (Å²) in [5, 5.41) is 10.1. The van der Waals surface area contributed by atoms with Crippen LogP contribution in [0.4, 0.5) is 13.2 Å². The maximum absolute atomic E-state index is 12.9. The number of hydrogen-bond donors (Lipinski definition) is 0. The molecule has 0 bridgehead atoms. The summed E-state index contributed by atoms with van der Waals surface area (Å²) in [6.45, 7) is 3.36. The Labute approximate surface area is 152 Å². The molecule has 0 atom stereocenters. The molecule has 1 amide bonds. The molecule has 0 radical (unpaired) electrons. The summed E-state index contributed by atoms with van der Waals surface area (Å²) >= 11 is 0.816. The van der Waals surface area contributed by atoms with Gasteiger partial charge in [0.25, 0.3) is 5.91 Å². The van der Waals surface area contributed by atoms with Crippen molar-refractivity contribution in [2.24, 2.45) is 5.92 Å². The smallest absolute Gasteiger partial charge is 0.339 e. The van der Waals surface area contributed by atoms with E-state index in [1.807, 2.05) is 6.07 Å². The monoisotopic (exact) mass is 379 g/mol. The number of rotatable bonds is 2. The van der Waals surface area contributed by atoms with Gasteiger partial charge in [-0.05, 0) is 37.0 Å². The molecular formula is C18H16F3N3OS. The summed E-state index contributed by atoms with van der Waals surface area (Å²) in [6.07, 6.45) is -2.76. The molecule has 1 fully saturated rings. The molecule has 1 aromatic carbocycles. The van der Waals surface area contributed by atoms with E-state index >= 15 is 0 Å². The highest BCUT2D eigenvalue weighted by atomic mass is 32.1. The minimum atomic E-state index is -4.55. The minimum Gasteiger partial charge on any atom is -0.339 e. The van der Waals surface area contributed by atoms with Crippen molar-refractivity contribution < 1.29 is 18.0 Å². The summed E-state index contributed by atoms with van der Waals surface area (Å²) in [7, 11) is 0. The first kappa shape index (κ1) is 18.4. The van der Waals surface area contributed by atoms with Crippen molar-refractivity contribution in [2.45, 2.75) is 25.9 Å². The lowest BCUT2D eigenvalue weighted by Gasteiger charge is -2.30. The van der Waals surface area contributed by atoms with Gasteiger partial charge in [-0.3, -0.25) is 4.79 Å². The summed E-state index contributed by atoms with van der Waals surface area (Å²) in [5.74, 6) is 0.313. The number of benzene rings is 1. The molecular weight excluding hydrogens is 363 g/mol. The van der Waals surface area contributed by atoms with E-state index in [1.54, 1.807) is 4.90 Å². The standard InChI is InChI=1S/C18H16F3N3OS/c1-11-4-6-24(7-5-11)17(25)13-3-2-12(9-22)8-14(13)16-23-15(10-26-16)18(19,20)21/h2-3,8,10-11H,4-7H2,1H3. The molecule has 1 saturated heterocycles. The Balaban J connectivity index is 2.00. The maximum Gasteiger partial charge on any atom is 0.434 e. The van der Waals surface area contributed by atoms with Gasteiger partial charge in [0.2, 0.25) is 0 Å². The summed E-state index contributed by atoms with van der Waals surface area (Å²) in [6, 6.07) is 6.39. The molecule has 0 N–H and O–H groups in total. The van der Waals surface area contributed by atoms with E-state index in [-0.39, 0.29) is 27.6 Å². The Kier molecular flexibility index (Phi) is 5.01. The van der Waals surface area contributed by atoms with Crippen LogP contribution in [-0.2, 0) is 6.18 Å². The third-order valence-electron chi connectivity index (χ3n) is 4.47. The first-order valence-electron chi connectivity index (χ1n) is 8.16. The number of nitriles is 1. The van der Waals surface area contributed by atoms with E-state index in [9.17, 15) is 18.0 Å². The highest BCUT2D eigenvalue weighted by molar-refractivity contribution is 7.13. The van der Waals surface area contributed by atoms with E-state index < -0.39 is 11.9 Å². The Morgan fingerprint density at radius 3 is 2.62 bits per heavy atom. The van der Waals surface area contributed by atoms with Gasteiger partial charge in [0.05, 0.1) is 11.6 Å². The van der Waals surface area contributed by atoms with Crippen molar-refractivity contribution in [3.05, 3.63) is 40.4 Å². The number of likely N-dealkylation sites (tertiary alicyclic amines) is 1. The highest BCUT2D eigenvalue weighted by Gasteiger charge is 2.34. The second-order valence-corrected chi connectivity index (χ2v) is 7.24. The van der Waals surface area contributed by atoms with Gasteiger partial charge >= 0.3 is 6.18 Å². The summed E-state index contributed by atoms with van der Waals surface area (Å²) in [5.41, 5.74) is -0.174. The minimum absolute atomic E-state index is 0.0863. The van der Waals surface area contributed by atoms with Crippen LogP contribution < -0.4 is 0 Å². The van der Waals surface area contributed by atoms with Crippen molar-refractivity contribution in [3.8, 4) is 16.6 Å². The lowest BCUT2D eigenvalue weighted by atomic mass is 9.97. The predicted octanol–water partition coefficient (Wildman–Crippen LogP) is 4.57. The molecule has 1 aromatic heterocycles. The molecule has 1 aliphatic heterocycles. The second-order valence-electron chi connectivity index (χ2n) is 6.38. The van der Waals surface area contributed by atoms with Crippen LogP contribution in [0.25, 0.3) is 10.6 Å². The van der Waals surface area contributed by atoms with Gasteiger partial charge in [-0.2, -0.15) is 18.4 Å². The Bertz CT molecular complexity index is 861. The quantitative estimate of drug-likeness (QED) is 0.768. The molecule has 1 aliphatic rings. The van der Waals surface area contributed by atoms with Gasteiger partial charge in [0.15, 0.2) is 5.69 Å². The largest absolute Gasteiger partial charge is 0.434 e. The predicted molar refractivity (Wildman–Crippen MR) is 91.6 cm³/mol. The molecule has 0 unspecified atom stereocenters. The van der Waals surface area contributed by atoms with Crippen LogP contribution >= 0.6 is 11.3 Å². The van der Waals surface area contributed by atoms with Crippen LogP contribution in [0, 0.1) is 17.2 Å². The van der Waals surface area contributed by atoms with E-state index in [0.717, 1.165) is 29.6 Å². The second kappa shape index (κ2) is 7.08.